The van der Waals surface area contributed by atoms with Gasteiger partial charge in [0.25, 0.3) is 0 Å². The molecule has 7 nitrogen and oxygen atoms in total. The minimum Gasteiger partial charge on any atom is -0.455 e. The number of carbonyl (C=O) groups excluding carboxylic acids is 2. The van der Waals surface area contributed by atoms with Crippen molar-refractivity contribution in [1.29, 1.82) is 0 Å². The molecular formula is C22H32O7. The molecule has 2 bridgehead atoms. The summed E-state index contributed by atoms with van der Waals surface area (Å²) >= 11 is 0. The monoisotopic (exact) mass is 408 g/mol. The van der Waals surface area contributed by atoms with E-state index in [1.165, 1.54) is 0 Å². The van der Waals surface area contributed by atoms with Crippen LogP contribution in [0.2, 0.25) is 0 Å². The maximum Gasteiger partial charge on any atom is 0.333 e. The van der Waals surface area contributed by atoms with Crippen molar-refractivity contribution < 1.29 is 33.6 Å². The topological polar surface area (TPSA) is 91.3 Å². The van der Waals surface area contributed by atoms with Crippen LogP contribution in [0.5, 0.6) is 0 Å². The largest absolute Gasteiger partial charge is 0.455 e. The van der Waals surface area contributed by atoms with Gasteiger partial charge in [-0.2, -0.15) is 0 Å². The molecule has 3 heterocycles. The van der Waals surface area contributed by atoms with E-state index in [1.807, 2.05) is 13.8 Å². The molecule has 0 spiro atoms. The number of ether oxygens (including phenoxy) is 4. The van der Waals surface area contributed by atoms with E-state index in [0.29, 0.717) is 24.8 Å². The molecule has 1 N–H and O–H groups in total. The fraction of sp³-hybridized carbons (Fsp3) is 0.818. The zero-order valence-electron chi connectivity index (χ0n) is 17.9. The lowest BCUT2D eigenvalue weighted by Gasteiger charge is -2.51. The summed E-state index contributed by atoms with van der Waals surface area (Å²) in [4.78, 5) is 25.4. The predicted molar refractivity (Wildman–Crippen MR) is 103 cm³/mol. The molecule has 1 aliphatic carbocycles. The fourth-order valence-corrected chi connectivity index (χ4v) is 5.48. The average Bonchev–Trinajstić information content (AvgIpc) is 3.31. The van der Waals surface area contributed by atoms with E-state index in [1.54, 1.807) is 20.8 Å². The molecule has 4 rings (SSSR count). The Morgan fingerprint density at radius 2 is 1.86 bits per heavy atom. The average molecular weight is 408 g/mol. The summed E-state index contributed by atoms with van der Waals surface area (Å²) in [5.74, 6) is -0.841. The molecule has 3 aliphatic heterocycles. The number of rotatable bonds is 6. The van der Waals surface area contributed by atoms with Gasteiger partial charge in [0, 0.05) is 5.57 Å². The molecule has 162 valence electrons. The summed E-state index contributed by atoms with van der Waals surface area (Å²) in [6.07, 6.45) is 1.50. The van der Waals surface area contributed by atoms with Crippen LogP contribution >= 0.6 is 0 Å². The molecule has 1 saturated carbocycles. The zero-order chi connectivity index (χ0) is 21.4. The first-order valence-electron chi connectivity index (χ1n) is 10.5. The first kappa shape index (κ1) is 20.8. The number of esters is 2. The SMILES string of the molecule is C=C(C)C(=O)OC1C2CC3(C4(OC(C)(C)C(C)(C)O)CCCC4)C(=O)OC1C3O2. The van der Waals surface area contributed by atoms with Crippen molar-refractivity contribution in [2.24, 2.45) is 5.41 Å². The molecule has 0 aromatic carbocycles. The predicted octanol–water partition coefficient (Wildman–Crippen LogP) is 2.44. The summed E-state index contributed by atoms with van der Waals surface area (Å²) in [6.45, 7) is 12.3. The summed E-state index contributed by atoms with van der Waals surface area (Å²) in [5.41, 5.74) is -3.39. The number of carbonyl (C=O) groups is 2. The van der Waals surface area contributed by atoms with Crippen molar-refractivity contribution in [1.82, 2.24) is 0 Å². The van der Waals surface area contributed by atoms with Crippen LogP contribution in [0.25, 0.3) is 0 Å². The lowest BCUT2D eigenvalue weighted by atomic mass is 9.62. The highest BCUT2D eigenvalue weighted by Crippen LogP contribution is 2.65. The van der Waals surface area contributed by atoms with Crippen molar-refractivity contribution in [2.75, 3.05) is 0 Å². The first-order valence-corrected chi connectivity index (χ1v) is 10.5. The van der Waals surface area contributed by atoms with E-state index in [-0.39, 0.29) is 5.97 Å². The van der Waals surface area contributed by atoms with Gasteiger partial charge in [0.2, 0.25) is 0 Å². The lowest BCUT2D eigenvalue weighted by Crippen LogP contribution is -2.63. The molecule has 5 atom stereocenters. The van der Waals surface area contributed by atoms with E-state index in [9.17, 15) is 14.7 Å². The van der Waals surface area contributed by atoms with Gasteiger partial charge in [-0.05, 0) is 53.9 Å². The molecule has 4 aliphatic rings. The summed E-state index contributed by atoms with van der Waals surface area (Å²) in [5, 5.41) is 10.7. The second-order valence-corrected chi connectivity index (χ2v) is 10.2. The Hall–Kier alpha value is -1.44. The van der Waals surface area contributed by atoms with Gasteiger partial charge in [-0.1, -0.05) is 19.4 Å². The molecule has 0 aromatic heterocycles. The number of hydrogen-bond donors (Lipinski definition) is 1. The van der Waals surface area contributed by atoms with Crippen LogP contribution in [0.1, 0.15) is 66.7 Å². The van der Waals surface area contributed by atoms with Crippen LogP contribution in [-0.4, -0.2) is 58.3 Å². The van der Waals surface area contributed by atoms with Crippen LogP contribution < -0.4 is 0 Å². The van der Waals surface area contributed by atoms with Crippen molar-refractivity contribution >= 4 is 11.9 Å². The van der Waals surface area contributed by atoms with Gasteiger partial charge < -0.3 is 24.1 Å². The van der Waals surface area contributed by atoms with Crippen LogP contribution in [0.4, 0.5) is 0 Å². The van der Waals surface area contributed by atoms with Crippen molar-refractivity contribution in [3.8, 4) is 0 Å². The summed E-state index contributed by atoms with van der Waals surface area (Å²) in [6, 6.07) is 0. The van der Waals surface area contributed by atoms with Crippen molar-refractivity contribution in [3.63, 3.8) is 0 Å². The lowest BCUT2D eigenvalue weighted by molar-refractivity contribution is -0.250. The number of fused-ring (bicyclic) bond motifs is 1. The Morgan fingerprint density at radius 3 is 2.41 bits per heavy atom. The maximum absolute atomic E-state index is 13.3. The highest BCUT2D eigenvalue weighted by molar-refractivity contribution is 5.88. The molecule has 4 fully saturated rings. The Morgan fingerprint density at radius 1 is 1.24 bits per heavy atom. The maximum atomic E-state index is 13.3. The molecule has 0 amide bonds. The Bertz CT molecular complexity index is 743. The first-order chi connectivity index (χ1) is 13.3. The molecule has 29 heavy (non-hydrogen) atoms. The van der Waals surface area contributed by atoms with Crippen molar-refractivity contribution in [2.45, 2.75) is 108 Å². The van der Waals surface area contributed by atoms with E-state index in [2.05, 4.69) is 6.58 Å². The molecular weight excluding hydrogens is 376 g/mol. The quantitative estimate of drug-likeness (QED) is 0.533. The normalized spacial score (nSPS) is 37.7. The molecule has 5 unspecified atom stereocenters. The molecule has 0 aromatic rings. The Balaban J connectivity index is 1.67. The highest BCUT2D eigenvalue weighted by Gasteiger charge is 2.80. The van der Waals surface area contributed by atoms with Gasteiger partial charge in [0.05, 0.1) is 16.8 Å². The van der Waals surface area contributed by atoms with Gasteiger partial charge in [0.1, 0.15) is 17.6 Å². The third-order valence-electron chi connectivity index (χ3n) is 7.67. The minimum absolute atomic E-state index is 0.297. The van der Waals surface area contributed by atoms with Gasteiger partial charge in [-0.25, -0.2) is 4.79 Å². The fourth-order valence-electron chi connectivity index (χ4n) is 5.48. The smallest absolute Gasteiger partial charge is 0.333 e. The Labute approximate surface area is 171 Å². The third kappa shape index (κ3) is 2.73. The number of aliphatic hydroxyl groups is 1. The van der Waals surface area contributed by atoms with Crippen molar-refractivity contribution in [3.05, 3.63) is 12.2 Å². The van der Waals surface area contributed by atoms with Crippen LogP contribution in [0.15, 0.2) is 12.2 Å². The number of hydrogen-bond acceptors (Lipinski definition) is 7. The zero-order valence-corrected chi connectivity index (χ0v) is 17.9. The van der Waals surface area contributed by atoms with E-state index >= 15 is 0 Å². The summed E-state index contributed by atoms with van der Waals surface area (Å²) < 4.78 is 24.2. The van der Waals surface area contributed by atoms with Crippen LogP contribution in [0.3, 0.4) is 0 Å². The van der Waals surface area contributed by atoms with E-state index in [0.717, 1.165) is 12.8 Å². The van der Waals surface area contributed by atoms with Crippen LogP contribution in [-0.2, 0) is 28.5 Å². The van der Waals surface area contributed by atoms with E-state index in [4.69, 9.17) is 18.9 Å². The Kier molecular flexibility index (Phi) is 4.51. The molecule has 7 heteroatoms. The van der Waals surface area contributed by atoms with Gasteiger partial charge in [-0.15, -0.1) is 0 Å². The minimum atomic E-state index is -1.10. The van der Waals surface area contributed by atoms with Gasteiger partial charge >= 0.3 is 11.9 Å². The third-order valence-corrected chi connectivity index (χ3v) is 7.67. The second-order valence-electron chi connectivity index (χ2n) is 10.2. The van der Waals surface area contributed by atoms with Gasteiger partial charge in [0.15, 0.2) is 12.2 Å². The standard InChI is InChI=1S/C22H32O7/c1-12(2)17(23)27-14-13-11-22(16(26-13)15(14)28-18(22)24)21(9-7-8-10-21)29-20(5,6)19(3,4)25/h13-16,25H,1,7-11H2,2-6H3. The second kappa shape index (κ2) is 6.28. The summed E-state index contributed by atoms with van der Waals surface area (Å²) in [7, 11) is 0. The molecule has 3 saturated heterocycles. The molecule has 0 radical (unpaired) electrons. The van der Waals surface area contributed by atoms with E-state index < -0.39 is 52.6 Å². The highest BCUT2D eigenvalue weighted by atomic mass is 16.7. The van der Waals surface area contributed by atoms with Gasteiger partial charge in [-0.3, -0.25) is 4.79 Å². The van der Waals surface area contributed by atoms with Crippen LogP contribution in [0, 0.1) is 5.41 Å².